The maximum atomic E-state index is 12.1. The summed E-state index contributed by atoms with van der Waals surface area (Å²) in [5, 5.41) is 14.1. The lowest BCUT2D eigenvalue weighted by Crippen LogP contribution is -2.38. The number of hydrogen-bond donors (Lipinski definition) is 2. The number of anilines is 1. The van der Waals surface area contributed by atoms with E-state index in [0.717, 1.165) is 11.4 Å². The fraction of sp³-hybridized carbons (Fsp3) is 0.250. The van der Waals surface area contributed by atoms with E-state index in [2.05, 4.69) is 25.8 Å². The smallest absolute Gasteiger partial charge is 0.319 e. The summed E-state index contributed by atoms with van der Waals surface area (Å²) in [5.74, 6) is 0. The van der Waals surface area contributed by atoms with E-state index in [9.17, 15) is 4.79 Å². The predicted molar refractivity (Wildman–Crippen MR) is 89.9 cm³/mol. The molecule has 1 aromatic carbocycles. The molecule has 1 unspecified atom stereocenters. The topological polar surface area (TPSA) is 89.7 Å². The summed E-state index contributed by atoms with van der Waals surface area (Å²) in [7, 11) is 0. The van der Waals surface area contributed by atoms with Crippen LogP contribution in [0.3, 0.4) is 0 Å². The standard InChI is InChI=1S/C16H19N7O/c1-12-6-7-23(21-12)15-5-3-4-14(8-15)20-16(24)19-13(2)9-22-11-17-10-18-22/h3-8,10-11,13H,9H2,1-2H3,(H2,19,20,24). The molecule has 0 saturated heterocycles. The molecule has 124 valence electrons. The molecule has 0 saturated carbocycles. The second kappa shape index (κ2) is 6.95. The van der Waals surface area contributed by atoms with Crippen LogP contribution >= 0.6 is 0 Å². The maximum absolute atomic E-state index is 12.1. The maximum Gasteiger partial charge on any atom is 0.319 e. The third-order valence-electron chi connectivity index (χ3n) is 3.40. The Kier molecular flexibility index (Phi) is 4.55. The van der Waals surface area contributed by atoms with Gasteiger partial charge < -0.3 is 10.6 Å². The number of carbonyl (C=O) groups is 1. The van der Waals surface area contributed by atoms with Crippen molar-refractivity contribution in [1.82, 2.24) is 29.9 Å². The quantitative estimate of drug-likeness (QED) is 0.750. The van der Waals surface area contributed by atoms with Gasteiger partial charge in [-0.3, -0.25) is 4.68 Å². The molecule has 2 amide bonds. The molecule has 8 heteroatoms. The molecule has 2 N–H and O–H groups in total. The molecule has 0 aliphatic heterocycles. The molecular weight excluding hydrogens is 306 g/mol. The summed E-state index contributed by atoms with van der Waals surface area (Å²) in [6.07, 6.45) is 4.97. The molecule has 0 aliphatic carbocycles. The van der Waals surface area contributed by atoms with Gasteiger partial charge in [-0.1, -0.05) is 6.07 Å². The van der Waals surface area contributed by atoms with Crippen LogP contribution in [0.2, 0.25) is 0 Å². The average molecular weight is 325 g/mol. The van der Waals surface area contributed by atoms with Crippen molar-refractivity contribution in [3.8, 4) is 5.69 Å². The van der Waals surface area contributed by atoms with Crippen LogP contribution in [0.1, 0.15) is 12.6 Å². The van der Waals surface area contributed by atoms with Crippen molar-refractivity contribution in [2.75, 3.05) is 5.32 Å². The van der Waals surface area contributed by atoms with E-state index in [0.29, 0.717) is 12.2 Å². The van der Waals surface area contributed by atoms with Gasteiger partial charge in [0.25, 0.3) is 0 Å². The van der Waals surface area contributed by atoms with Gasteiger partial charge in [-0.15, -0.1) is 0 Å². The van der Waals surface area contributed by atoms with Crippen LogP contribution in [0.25, 0.3) is 5.69 Å². The zero-order chi connectivity index (χ0) is 16.9. The monoisotopic (exact) mass is 325 g/mol. The highest BCUT2D eigenvalue weighted by Gasteiger charge is 2.09. The van der Waals surface area contributed by atoms with Gasteiger partial charge in [-0.25, -0.2) is 14.5 Å². The molecule has 0 radical (unpaired) electrons. The molecule has 2 heterocycles. The lowest BCUT2D eigenvalue weighted by molar-refractivity contribution is 0.247. The Hall–Kier alpha value is -3.16. The SMILES string of the molecule is Cc1ccn(-c2cccc(NC(=O)NC(C)Cn3cncn3)c2)n1. The van der Waals surface area contributed by atoms with Crippen molar-refractivity contribution in [2.24, 2.45) is 0 Å². The minimum Gasteiger partial charge on any atom is -0.334 e. The fourth-order valence-corrected chi connectivity index (χ4v) is 2.33. The van der Waals surface area contributed by atoms with Gasteiger partial charge in [0.1, 0.15) is 12.7 Å². The summed E-state index contributed by atoms with van der Waals surface area (Å²) in [4.78, 5) is 16.0. The van der Waals surface area contributed by atoms with Crippen LogP contribution in [-0.2, 0) is 6.54 Å². The van der Waals surface area contributed by atoms with E-state index in [-0.39, 0.29) is 12.1 Å². The summed E-state index contributed by atoms with van der Waals surface area (Å²) in [5.41, 5.74) is 2.52. The third-order valence-corrected chi connectivity index (χ3v) is 3.40. The molecular formula is C16H19N7O. The highest BCUT2D eigenvalue weighted by atomic mass is 16.2. The number of carbonyl (C=O) groups excluding carboxylic acids is 1. The summed E-state index contributed by atoms with van der Waals surface area (Å²) < 4.78 is 3.44. The Balaban J connectivity index is 1.60. The molecule has 0 aliphatic rings. The fourth-order valence-electron chi connectivity index (χ4n) is 2.33. The number of nitrogens with zero attached hydrogens (tertiary/aromatic N) is 5. The van der Waals surface area contributed by atoms with Crippen LogP contribution in [0, 0.1) is 6.92 Å². The molecule has 2 aromatic heterocycles. The third kappa shape index (κ3) is 3.97. The molecule has 1 atom stereocenters. The van der Waals surface area contributed by atoms with Gasteiger partial charge in [0.2, 0.25) is 0 Å². The van der Waals surface area contributed by atoms with E-state index in [1.165, 1.54) is 6.33 Å². The zero-order valence-corrected chi connectivity index (χ0v) is 13.5. The number of rotatable bonds is 5. The van der Waals surface area contributed by atoms with Crippen LogP contribution in [0.5, 0.6) is 0 Å². The minimum absolute atomic E-state index is 0.0800. The molecule has 0 spiro atoms. The normalized spacial score (nSPS) is 11.9. The first-order chi connectivity index (χ1) is 11.6. The Morgan fingerprint density at radius 2 is 2.21 bits per heavy atom. The molecule has 8 nitrogen and oxygen atoms in total. The predicted octanol–water partition coefficient (Wildman–Crippen LogP) is 1.98. The van der Waals surface area contributed by atoms with Crippen LogP contribution in [0.4, 0.5) is 10.5 Å². The second-order valence-corrected chi connectivity index (χ2v) is 5.57. The summed E-state index contributed by atoms with van der Waals surface area (Å²) >= 11 is 0. The minimum atomic E-state index is -0.267. The van der Waals surface area contributed by atoms with E-state index in [1.54, 1.807) is 15.7 Å². The van der Waals surface area contributed by atoms with Crippen molar-refractivity contribution in [2.45, 2.75) is 26.4 Å². The van der Waals surface area contributed by atoms with E-state index in [1.807, 2.05) is 50.4 Å². The molecule has 3 rings (SSSR count). The van der Waals surface area contributed by atoms with Crippen LogP contribution in [-0.4, -0.2) is 36.6 Å². The van der Waals surface area contributed by atoms with Gasteiger partial charge in [0, 0.05) is 17.9 Å². The molecule has 24 heavy (non-hydrogen) atoms. The highest BCUT2D eigenvalue weighted by molar-refractivity contribution is 5.89. The van der Waals surface area contributed by atoms with Crippen LogP contribution < -0.4 is 10.6 Å². The Bertz CT molecular complexity index is 809. The number of nitrogens with one attached hydrogen (secondary N) is 2. The first-order valence-electron chi connectivity index (χ1n) is 7.63. The zero-order valence-electron chi connectivity index (χ0n) is 13.5. The van der Waals surface area contributed by atoms with Gasteiger partial charge in [0.15, 0.2) is 0 Å². The largest absolute Gasteiger partial charge is 0.334 e. The molecule has 0 bridgehead atoms. The first-order valence-corrected chi connectivity index (χ1v) is 7.63. The van der Waals surface area contributed by atoms with E-state index >= 15 is 0 Å². The van der Waals surface area contributed by atoms with Gasteiger partial charge in [-0.2, -0.15) is 10.2 Å². The molecule has 3 aromatic rings. The number of aromatic nitrogens is 5. The number of benzene rings is 1. The number of hydrogen-bond acceptors (Lipinski definition) is 4. The van der Waals surface area contributed by atoms with Gasteiger partial charge >= 0.3 is 6.03 Å². The van der Waals surface area contributed by atoms with Crippen LogP contribution in [0.15, 0.2) is 49.2 Å². The average Bonchev–Trinajstić information content (AvgIpc) is 3.19. The van der Waals surface area contributed by atoms with Crippen molar-refractivity contribution >= 4 is 11.7 Å². The van der Waals surface area contributed by atoms with E-state index < -0.39 is 0 Å². The lowest BCUT2D eigenvalue weighted by atomic mass is 10.3. The Labute approximate surface area is 139 Å². The number of urea groups is 1. The van der Waals surface area contributed by atoms with Crippen molar-refractivity contribution in [1.29, 1.82) is 0 Å². The van der Waals surface area contributed by atoms with E-state index in [4.69, 9.17) is 0 Å². The summed E-state index contributed by atoms with van der Waals surface area (Å²) in [6, 6.07) is 9.10. The first kappa shape index (κ1) is 15.7. The van der Waals surface area contributed by atoms with Crippen molar-refractivity contribution in [3.05, 3.63) is 54.9 Å². The number of aryl methyl sites for hydroxylation is 1. The van der Waals surface area contributed by atoms with Crippen molar-refractivity contribution < 1.29 is 4.79 Å². The molecule has 0 fully saturated rings. The van der Waals surface area contributed by atoms with Crippen molar-refractivity contribution in [3.63, 3.8) is 0 Å². The Morgan fingerprint density at radius 3 is 2.92 bits per heavy atom. The summed E-state index contributed by atoms with van der Waals surface area (Å²) in [6.45, 7) is 4.40. The van der Waals surface area contributed by atoms with Gasteiger partial charge in [0.05, 0.1) is 17.9 Å². The Morgan fingerprint density at radius 1 is 1.33 bits per heavy atom. The number of amides is 2. The highest BCUT2D eigenvalue weighted by Crippen LogP contribution is 2.14. The second-order valence-electron chi connectivity index (χ2n) is 5.57. The van der Waals surface area contributed by atoms with Gasteiger partial charge in [-0.05, 0) is 38.1 Å². The lowest BCUT2D eigenvalue weighted by Gasteiger charge is -2.14.